The van der Waals surface area contributed by atoms with Crippen LogP contribution in [0.4, 0.5) is 0 Å². The van der Waals surface area contributed by atoms with E-state index in [1.54, 1.807) is 21.3 Å². The zero-order valence-corrected chi connectivity index (χ0v) is 16.1. The number of ether oxygens (including phenoxy) is 1. The van der Waals surface area contributed by atoms with Gasteiger partial charge in [0.25, 0.3) is 0 Å². The Hall–Kier alpha value is 0.0569. The highest BCUT2D eigenvalue weighted by atomic mass is 28.4. The second kappa shape index (κ2) is 10.8. The van der Waals surface area contributed by atoms with Crippen LogP contribution in [0.25, 0.3) is 0 Å². The monoisotopic (exact) mass is 332 g/mol. The van der Waals surface area contributed by atoms with Crippen molar-refractivity contribution in [1.29, 1.82) is 0 Å². The molecule has 0 aromatic carbocycles. The predicted octanol–water partition coefficient (Wildman–Crippen LogP) is 4.90. The molecule has 0 radical (unpaired) electrons. The number of hydrogen-bond acceptors (Lipinski definition) is 4. The fourth-order valence-electron chi connectivity index (χ4n) is 3.28. The van der Waals surface area contributed by atoms with Crippen LogP contribution in [0.3, 0.4) is 0 Å². The molecule has 0 aromatic rings. The molecule has 0 aliphatic carbocycles. The standard InChI is InChI=1S/C17H36O4Si/c1-5-6-7-8-9-10-11-12-14-17(18-2)15-13-16-22(19-3,20-4)21-17/h5-16H2,1-4H3. The van der Waals surface area contributed by atoms with Crippen molar-refractivity contribution >= 4 is 8.80 Å². The van der Waals surface area contributed by atoms with Gasteiger partial charge in [0.15, 0.2) is 5.79 Å². The molecule has 1 heterocycles. The summed E-state index contributed by atoms with van der Waals surface area (Å²) in [4.78, 5) is 0. The Labute approximate surface area is 138 Å². The Morgan fingerprint density at radius 3 is 2.05 bits per heavy atom. The lowest BCUT2D eigenvalue weighted by molar-refractivity contribution is -0.211. The second-order valence-corrected chi connectivity index (χ2v) is 9.27. The summed E-state index contributed by atoms with van der Waals surface area (Å²) in [7, 11) is 2.63. The molecule has 0 bridgehead atoms. The van der Waals surface area contributed by atoms with Crippen LogP contribution in [0.2, 0.25) is 6.04 Å². The molecular weight excluding hydrogens is 296 g/mol. The molecule has 22 heavy (non-hydrogen) atoms. The van der Waals surface area contributed by atoms with Crippen molar-refractivity contribution in [3.8, 4) is 0 Å². The van der Waals surface area contributed by atoms with Gasteiger partial charge in [-0.3, -0.25) is 0 Å². The molecule has 5 heteroatoms. The third-order valence-corrected chi connectivity index (χ3v) is 7.68. The van der Waals surface area contributed by atoms with E-state index in [2.05, 4.69) is 6.92 Å². The Kier molecular flexibility index (Phi) is 9.83. The first-order chi connectivity index (χ1) is 10.7. The van der Waals surface area contributed by atoms with Crippen LogP contribution in [-0.4, -0.2) is 35.9 Å². The van der Waals surface area contributed by atoms with Gasteiger partial charge in [-0.15, -0.1) is 0 Å². The first kappa shape index (κ1) is 20.1. The highest BCUT2D eigenvalue weighted by Crippen LogP contribution is 2.38. The summed E-state index contributed by atoms with van der Waals surface area (Å²) >= 11 is 0. The van der Waals surface area contributed by atoms with Crippen molar-refractivity contribution < 1.29 is 18.0 Å². The van der Waals surface area contributed by atoms with Gasteiger partial charge >= 0.3 is 8.80 Å². The normalized spacial score (nSPS) is 24.5. The van der Waals surface area contributed by atoms with E-state index < -0.39 is 14.6 Å². The molecule has 132 valence electrons. The minimum absolute atomic E-state index is 0.487. The van der Waals surface area contributed by atoms with Crippen LogP contribution in [0.15, 0.2) is 0 Å². The fraction of sp³-hybridized carbons (Fsp3) is 1.00. The van der Waals surface area contributed by atoms with Gasteiger partial charge < -0.3 is 18.0 Å². The average molecular weight is 333 g/mol. The van der Waals surface area contributed by atoms with Gasteiger partial charge in [-0.1, -0.05) is 51.9 Å². The third kappa shape index (κ3) is 6.28. The maximum absolute atomic E-state index is 6.24. The van der Waals surface area contributed by atoms with Crippen molar-refractivity contribution in [3.05, 3.63) is 0 Å². The van der Waals surface area contributed by atoms with Crippen LogP contribution < -0.4 is 0 Å². The Morgan fingerprint density at radius 2 is 1.50 bits per heavy atom. The van der Waals surface area contributed by atoms with E-state index in [9.17, 15) is 0 Å². The first-order valence-electron chi connectivity index (χ1n) is 9.01. The minimum atomic E-state index is -2.50. The molecule has 1 aliphatic heterocycles. The zero-order chi connectivity index (χ0) is 16.3. The van der Waals surface area contributed by atoms with Gasteiger partial charge in [0.2, 0.25) is 0 Å². The Bertz CT molecular complexity index is 284. The van der Waals surface area contributed by atoms with Crippen molar-refractivity contribution in [3.63, 3.8) is 0 Å². The zero-order valence-electron chi connectivity index (χ0n) is 15.1. The summed E-state index contributed by atoms with van der Waals surface area (Å²) in [5.74, 6) is -0.487. The van der Waals surface area contributed by atoms with E-state index in [0.717, 1.165) is 31.7 Å². The van der Waals surface area contributed by atoms with E-state index in [1.165, 1.54) is 44.9 Å². The third-order valence-electron chi connectivity index (χ3n) is 4.79. The lowest BCUT2D eigenvalue weighted by Crippen LogP contribution is -2.56. The van der Waals surface area contributed by atoms with Crippen molar-refractivity contribution in [2.24, 2.45) is 0 Å². The highest BCUT2D eigenvalue weighted by Gasteiger charge is 2.51. The minimum Gasteiger partial charge on any atom is -0.377 e. The summed E-state index contributed by atoms with van der Waals surface area (Å²) < 4.78 is 23.2. The first-order valence-corrected chi connectivity index (χ1v) is 10.9. The van der Waals surface area contributed by atoms with Gasteiger partial charge in [0, 0.05) is 40.2 Å². The largest absolute Gasteiger partial charge is 0.502 e. The van der Waals surface area contributed by atoms with E-state index in [-0.39, 0.29) is 0 Å². The van der Waals surface area contributed by atoms with Crippen molar-refractivity contribution in [2.75, 3.05) is 21.3 Å². The van der Waals surface area contributed by atoms with Crippen LogP contribution in [0.1, 0.15) is 77.6 Å². The second-order valence-electron chi connectivity index (χ2n) is 6.39. The summed E-state index contributed by atoms with van der Waals surface area (Å²) in [6.07, 6.45) is 13.5. The van der Waals surface area contributed by atoms with Crippen LogP contribution in [0, 0.1) is 0 Å². The predicted molar refractivity (Wildman–Crippen MR) is 91.9 cm³/mol. The summed E-state index contributed by atoms with van der Waals surface area (Å²) in [5, 5.41) is 0. The van der Waals surface area contributed by atoms with Gasteiger partial charge in [0.05, 0.1) is 0 Å². The molecule has 0 saturated carbocycles. The topological polar surface area (TPSA) is 36.9 Å². The molecule has 0 aromatic heterocycles. The number of rotatable bonds is 12. The SMILES string of the molecule is CCCCCCCCCCC1(OC)CCC[Si](OC)(OC)O1. The van der Waals surface area contributed by atoms with Crippen LogP contribution in [0.5, 0.6) is 0 Å². The van der Waals surface area contributed by atoms with Gasteiger partial charge in [-0.25, -0.2) is 0 Å². The Balaban J connectivity index is 2.28. The van der Waals surface area contributed by atoms with Crippen molar-refractivity contribution in [2.45, 2.75) is 89.4 Å². The van der Waals surface area contributed by atoms with Gasteiger partial charge in [0.1, 0.15) is 0 Å². The smallest absolute Gasteiger partial charge is 0.377 e. The summed E-state index contributed by atoms with van der Waals surface area (Å²) in [5.41, 5.74) is 0. The lowest BCUT2D eigenvalue weighted by atomic mass is 10.0. The molecule has 1 saturated heterocycles. The molecular formula is C17H36O4Si. The maximum atomic E-state index is 6.24. The molecule has 0 amide bonds. The van der Waals surface area contributed by atoms with Gasteiger partial charge in [-0.2, -0.15) is 0 Å². The van der Waals surface area contributed by atoms with E-state index in [4.69, 9.17) is 18.0 Å². The highest BCUT2D eigenvalue weighted by molar-refractivity contribution is 6.60. The number of hydrogen-bond donors (Lipinski definition) is 0. The molecule has 1 aliphatic rings. The average Bonchev–Trinajstić information content (AvgIpc) is 2.57. The summed E-state index contributed by atoms with van der Waals surface area (Å²) in [6.45, 7) is 2.26. The van der Waals surface area contributed by atoms with Crippen LogP contribution >= 0.6 is 0 Å². The van der Waals surface area contributed by atoms with Crippen molar-refractivity contribution in [1.82, 2.24) is 0 Å². The van der Waals surface area contributed by atoms with E-state index in [0.29, 0.717) is 0 Å². The van der Waals surface area contributed by atoms with Gasteiger partial charge in [-0.05, 0) is 12.8 Å². The molecule has 4 nitrogen and oxygen atoms in total. The molecule has 1 rings (SSSR count). The van der Waals surface area contributed by atoms with E-state index >= 15 is 0 Å². The molecule has 1 atom stereocenters. The molecule has 0 spiro atoms. The molecule has 0 N–H and O–H groups in total. The Morgan fingerprint density at radius 1 is 0.909 bits per heavy atom. The quantitative estimate of drug-likeness (QED) is 0.376. The molecule has 1 unspecified atom stereocenters. The van der Waals surface area contributed by atoms with E-state index in [1.807, 2.05) is 0 Å². The summed E-state index contributed by atoms with van der Waals surface area (Å²) in [6, 6.07) is 0.891. The lowest BCUT2D eigenvalue weighted by Gasteiger charge is -2.43. The fourth-order valence-corrected chi connectivity index (χ4v) is 5.59. The number of unbranched alkanes of at least 4 members (excludes halogenated alkanes) is 7. The maximum Gasteiger partial charge on any atom is 0.502 e. The van der Waals surface area contributed by atoms with Crippen LogP contribution in [-0.2, 0) is 18.0 Å². The number of methoxy groups -OCH3 is 1. The molecule has 1 fully saturated rings.